The number of hydrogen-bond donors (Lipinski definition) is 1. The summed E-state index contributed by atoms with van der Waals surface area (Å²) in [7, 11) is -2.05. The van der Waals surface area contributed by atoms with Crippen LogP contribution in [0.3, 0.4) is 0 Å². The summed E-state index contributed by atoms with van der Waals surface area (Å²) >= 11 is 1.65. The third kappa shape index (κ3) is 4.03. The predicted molar refractivity (Wildman–Crippen MR) is 117 cm³/mol. The number of hydrogen-bond acceptors (Lipinski definition) is 5. The van der Waals surface area contributed by atoms with Crippen LogP contribution >= 0.6 is 11.3 Å². The summed E-state index contributed by atoms with van der Waals surface area (Å²) in [6, 6.07) is 17.3. The fourth-order valence-electron chi connectivity index (χ4n) is 3.82. The number of aryl methyl sites for hydroxylation is 1. The van der Waals surface area contributed by atoms with Crippen LogP contribution in [0.1, 0.15) is 22.0 Å². The molecule has 0 radical (unpaired) electrons. The number of nitrogens with zero attached hydrogens (tertiary/aromatic N) is 1. The topological polar surface area (TPSA) is 58.6 Å². The number of sulfonamides is 1. The van der Waals surface area contributed by atoms with E-state index < -0.39 is 10.0 Å². The van der Waals surface area contributed by atoms with E-state index in [-0.39, 0.29) is 10.9 Å². The second kappa shape index (κ2) is 8.18. The van der Waals surface area contributed by atoms with Crippen molar-refractivity contribution in [1.82, 2.24) is 4.72 Å². The quantitative estimate of drug-likeness (QED) is 0.614. The minimum Gasteiger partial charge on any atom is -0.496 e. The molecule has 2 heterocycles. The van der Waals surface area contributed by atoms with Crippen molar-refractivity contribution in [3.63, 3.8) is 0 Å². The Morgan fingerprint density at radius 3 is 2.72 bits per heavy atom. The Hall–Kier alpha value is -2.35. The number of thiophene rings is 1. The van der Waals surface area contributed by atoms with Gasteiger partial charge in [-0.25, -0.2) is 13.1 Å². The summed E-state index contributed by atoms with van der Waals surface area (Å²) < 4.78 is 34.0. The molecule has 0 aliphatic carbocycles. The molecule has 29 heavy (non-hydrogen) atoms. The van der Waals surface area contributed by atoms with Gasteiger partial charge in [-0.3, -0.25) is 0 Å². The van der Waals surface area contributed by atoms with Crippen LogP contribution in [-0.2, 0) is 16.4 Å². The van der Waals surface area contributed by atoms with Crippen LogP contribution in [0.25, 0.3) is 0 Å². The molecule has 1 aromatic heterocycles. The molecule has 5 nitrogen and oxygen atoms in total. The number of benzene rings is 2. The normalized spacial score (nSPS) is 14.6. The average Bonchev–Trinajstić information content (AvgIpc) is 3.39. The van der Waals surface area contributed by atoms with Gasteiger partial charge in [-0.15, -0.1) is 11.3 Å². The van der Waals surface area contributed by atoms with Crippen molar-refractivity contribution in [2.24, 2.45) is 0 Å². The van der Waals surface area contributed by atoms with Crippen molar-refractivity contribution in [3.05, 3.63) is 76.0 Å². The van der Waals surface area contributed by atoms with Gasteiger partial charge in [0.2, 0.25) is 10.0 Å². The van der Waals surface area contributed by atoms with Gasteiger partial charge in [-0.2, -0.15) is 0 Å². The van der Waals surface area contributed by atoms with Crippen LogP contribution in [0.2, 0.25) is 0 Å². The molecule has 0 saturated carbocycles. The lowest BCUT2D eigenvalue weighted by Gasteiger charge is -2.30. The molecule has 1 atom stereocenters. The Balaban J connectivity index is 1.59. The Labute approximate surface area is 176 Å². The van der Waals surface area contributed by atoms with E-state index in [1.165, 1.54) is 11.3 Å². The van der Waals surface area contributed by atoms with Crippen molar-refractivity contribution in [3.8, 4) is 5.75 Å². The zero-order valence-corrected chi connectivity index (χ0v) is 18.1. The summed E-state index contributed by atoms with van der Waals surface area (Å²) in [6.07, 6.45) is 0.975. The first kappa shape index (κ1) is 19.9. The fourth-order valence-corrected chi connectivity index (χ4v) is 5.78. The zero-order valence-electron chi connectivity index (χ0n) is 16.5. The second-order valence-corrected chi connectivity index (χ2v) is 9.83. The molecule has 0 amide bonds. The van der Waals surface area contributed by atoms with Gasteiger partial charge in [-0.05, 0) is 60.2 Å². The molecule has 1 aliphatic rings. The lowest BCUT2D eigenvalue weighted by molar-refractivity contribution is 0.411. The first-order valence-corrected chi connectivity index (χ1v) is 11.9. The minimum atomic E-state index is -3.63. The van der Waals surface area contributed by atoms with Crippen LogP contribution < -0.4 is 14.4 Å². The highest BCUT2D eigenvalue weighted by Gasteiger charge is 2.29. The molecular formula is C22H24N2O3S2. The molecule has 3 aromatic rings. The van der Waals surface area contributed by atoms with E-state index in [1.54, 1.807) is 36.6 Å². The summed E-state index contributed by atoms with van der Waals surface area (Å²) in [6.45, 7) is 3.03. The number of anilines is 1. The maximum Gasteiger partial charge on any atom is 0.240 e. The monoisotopic (exact) mass is 428 g/mol. The lowest BCUT2D eigenvalue weighted by atomic mass is 10.1. The fraction of sp³-hybridized carbons (Fsp3) is 0.273. The summed E-state index contributed by atoms with van der Waals surface area (Å²) in [5.74, 6) is 0.675. The van der Waals surface area contributed by atoms with Gasteiger partial charge in [0.1, 0.15) is 5.75 Å². The highest BCUT2D eigenvalue weighted by molar-refractivity contribution is 7.89. The molecule has 1 aliphatic heterocycles. The van der Waals surface area contributed by atoms with Crippen LogP contribution in [0, 0.1) is 6.92 Å². The molecule has 1 N–H and O–H groups in total. The van der Waals surface area contributed by atoms with E-state index in [0.717, 1.165) is 23.4 Å². The number of para-hydroxylation sites is 1. The summed E-state index contributed by atoms with van der Waals surface area (Å²) in [4.78, 5) is 3.71. The number of nitrogens with one attached hydrogen (secondary N) is 1. The summed E-state index contributed by atoms with van der Waals surface area (Å²) in [5.41, 5.74) is 3.28. The molecule has 0 spiro atoms. The number of methoxy groups -OCH3 is 1. The number of fused-ring (bicyclic) bond motifs is 1. The van der Waals surface area contributed by atoms with E-state index >= 15 is 0 Å². The SMILES string of the molecule is COc1ccc(S(=O)(=O)NC[C@H](c2cccs2)N2CCc3ccccc32)cc1C. The maximum atomic E-state index is 13.0. The Morgan fingerprint density at radius 2 is 2.00 bits per heavy atom. The first-order valence-electron chi connectivity index (χ1n) is 9.52. The zero-order chi connectivity index (χ0) is 20.4. The molecule has 0 saturated heterocycles. The van der Waals surface area contributed by atoms with Crippen LogP contribution in [0.15, 0.2) is 64.9 Å². The van der Waals surface area contributed by atoms with Gasteiger partial charge in [0.15, 0.2) is 0 Å². The van der Waals surface area contributed by atoms with Crippen LogP contribution in [0.4, 0.5) is 5.69 Å². The second-order valence-electron chi connectivity index (χ2n) is 7.09. The third-order valence-corrected chi connectivity index (χ3v) is 7.71. The maximum absolute atomic E-state index is 13.0. The van der Waals surface area contributed by atoms with E-state index in [9.17, 15) is 8.42 Å². The Bertz CT molecular complexity index is 1100. The van der Waals surface area contributed by atoms with Gasteiger partial charge in [0.05, 0.1) is 18.0 Å². The molecule has 2 aromatic carbocycles. The van der Waals surface area contributed by atoms with Gasteiger partial charge >= 0.3 is 0 Å². The third-order valence-electron chi connectivity index (χ3n) is 5.31. The minimum absolute atomic E-state index is 0.0484. The van der Waals surface area contributed by atoms with Gasteiger partial charge in [-0.1, -0.05) is 24.3 Å². The number of rotatable bonds is 7. The van der Waals surface area contributed by atoms with Crippen molar-refractivity contribution < 1.29 is 13.2 Å². The van der Waals surface area contributed by atoms with E-state index in [2.05, 4.69) is 33.9 Å². The van der Waals surface area contributed by atoms with Crippen LogP contribution in [0.5, 0.6) is 5.75 Å². The van der Waals surface area contributed by atoms with Gasteiger partial charge < -0.3 is 9.64 Å². The predicted octanol–water partition coefficient (Wildman–Crippen LogP) is 4.15. The standard InChI is InChI=1S/C22H24N2O3S2/c1-16-14-18(9-10-21(16)27-2)29(25,26)23-15-20(22-8-5-13-28-22)24-12-11-17-6-3-4-7-19(17)24/h3-10,13-14,20,23H,11-12,15H2,1-2H3/t20-/m1/s1. The number of ether oxygens (including phenoxy) is 1. The molecular weight excluding hydrogens is 404 g/mol. The summed E-state index contributed by atoms with van der Waals surface area (Å²) in [5, 5.41) is 2.03. The van der Waals surface area contributed by atoms with Crippen molar-refractivity contribution >= 4 is 27.0 Å². The van der Waals surface area contributed by atoms with Crippen molar-refractivity contribution in [2.45, 2.75) is 24.3 Å². The first-order chi connectivity index (χ1) is 14.0. The van der Waals surface area contributed by atoms with E-state index in [1.807, 2.05) is 24.4 Å². The largest absolute Gasteiger partial charge is 0.496 e. The highest BCUT2D eigenvalue weighted by Crippen LogP contribution is 2.36. The van der Waals surface area contributed by atoms with Gasteiger partial charge in [0.25, 0.3) is 0 Å². The van der Waals surface area contributed by atoms with Crippen molar-refractivity contribution in [1.29, 1.82) is 0 Å². The smallest absolute Gasteiger partial charge is 0.240 e. The molecule has 0 fully saturated rings. The Morgan fingerprint density at radius 1 is 1.17 bits per heavy atom. The Kier molecular flexibility index (Phi) is 5.63. The molecule has 4 rings (SSSR count). The van der Waals surface area contributed by atoms with Crippen LogP contribution in [-0.4, -0.2) is 28.6 Å². The van der Waals surface area contributed by atoms with E-state index in [0.29, 0.717) is 12.3 Å². The molecule has 0 unspecified atom stereocenters. The molecule has 152 valence electrons. The highest BCUT2D eigenvalue weighted by atomic mass is 32.2. The molecule has 7 heteroatoms. The van der Waals surface area contributed by atoms with Crippen molar-refractivity contribution in [2.75, 3.05) is 25.1 Å². The average molecular weight is 429 g/mol. The van der Waals surface area contributed by atoms with Gasteiger partial charge in [0, 0.05) is 23.7 Å². The molecule has 0 bridgehead atoms. The van der Waals surface area contributed by atoms with E-state index in [4.69, 9.17) is 4.74 Å². The lowest BCUT2D eigenvalue weighted by Crippen LogP contribution is -2.37.